The molecule has 0 unspecified atom stereocenters. The molecular weight excluding hydrogens is 251 g/mol. The van der Waals surface area contributed by atoms with E-state index < -0.39 is 7.82 Å². The van der Waals surface area contributed by atoms with E-state index in [0.29, 0.717) is 25.5 Å². The molecule has 4 nitrogen and oxygen atoms in total. The zero-order valence-electron chi connectivity index (χ0n) is 9.69. The van der Waals surface area contributed by atoms with Gasteiger partial charge < -0.3 is 0 Å². The second-order valence-electron chi connectivity index (χ2n) is 3.84. The zero-order valence-corrected chi connectivity index (χ0v) is 11.3. The van der Waals surface area contributed by atoms with Gasteiger partial charge in [-0.1, -0.05) is 26.2 Å². The van der Waals surface area contributed by atoms with E-state index in [1.807, 2.05) is 0 Å². The van der Waals surface area contributed by atoms with Gasteiger partial charge in [-0.05, 0) is 12.8 Å². The van der Waals surface area contributed by atoms with E-state index in [1.165, 1.54) is 12.8 Å². The highest BCUT2D eigenvalue weighted by Gasteiger charge is 2.34. The predicted molar refractivity (Wildman–Crippen MR) is 63.9 cm³/mol. The van der Waals surface area contributed by atoms with Crippen LogP contribution in [0.1, 0.15) is 39.0 Å². The van der Waals surface area contributed by atoms with E-state index >= 15 is 0 Å². The van der Waals surface area contributed by atoms with Crippen LogP contribution in [-0.4, -0.2) is 25.2 Å². The zero-order chi connectivity index (χ0) is 11.9. The predicted octanol–water partition coefficient (Wildman–Crippen LogP) is 3.74. The van der Waals surface area contributed by atoms with Gasteiger partial charge in [0.15, 0.2) is 0 Å². The summed E-state index contributed by atoms with van der Waals surface area (Å²) in [5, 5.41) is 0. The van der Waals surface area contributed by atoms with Gasteiger partial charge in [0.05, 0.1) is 19.3 Å². The van der Waals surface area contributed by atoms with Gasteiger partial charge in [-0.15, -0.1) is 11.6 Å². The summed E-state index contributed by atoms with van der Waals surface area (Å²) >= 11 is 5.65. The van der Waals surface area contributed by atoms with Crippen LogP contribution < -0.4 is 0 Å². The van der Waals surface area contributed by atoms with Crippen molar-refractivity contribution in [1.82, 2.24) is 0 Å². The second kappa shape index (κ2) is 7.67. The Balaban J connectivity index is 2.20. The monoisotopic (exact) mass is 270 g/mol. The van der Waals surface area contributed by atoms with E-state index in [4.69, 9.17) is 25.2 Å². The van der Waals surface area contributed by atoms with Gasteiger partial charge in [-0.2, -0.15) is 0 Å². The topological polar surface area (TPSA) is 44.8 Å². The van der Waals surface area contributed by atoms with Crippen molar-refractivity contribution < 1.29 is 18.1 Å². The Hall–Kier alpha value is 0.400. The molecule has 0 aromatic carbocycles. The first-order chi connectivity index (χ1) is 7.70. The summed E-state index contributed by atoms with van der Waals surface area (Å²) in [6.45, 7) is 2.96. The smallest absolute Gasteiger partial charge is 0.287 e. The number of hydrogen-bond acceptors (Lipinski definition) is 4. The Morgan fingerprint density at radius 2 is 2.25 bits per heavy atom. The van der Waals surface area contributed by atoms with Crippen molar-refractivity contribution in [1.29, 1.82) is 0 Å². The number of hydrogen-bond donors (Lipinski definition) is 0. The van der Waals surface area contributed by atoms with E-state index in [2.05, 4.69) is 6.92 Å². The summed E-state index contributed by atoms with van der Waals surface area (Å²) < 4.78 is 27.4. The minimum atomic E-state index is -3.32. The molecule has 0 spiro atoms. The number of phosphoric acid groups is 1. The summed E-state index contributed by atoms with van der Waals surface area (Å²) in [5.41, 5.74) is 0. The Bertz CT molecular complexity index is 237. The largest absolute Gasteiger partial charge is 0.475 e. The highest BCUT2D eigenvalue weighted by atomic mass is 35.5. The van der Waals surface area contributed by atoms with Crippen molar-refractivity contribution >= 4 is 19.4 Å². The van der Waals surface area contributed by atoms with Gasteiger partial charge in [0.2, 0.25) is 0 Å². The van der Waals surface area contributed by atoms with Crippen LogP contribution in [0.4, 0.5) is 0 Å². The van der Waals surface area contributed by atoms with Crippen LogP contribution in [-0.2, 0) is 18.1 Å². The van der Waals surface area contributed by atoms with Crippen molar-refractivity contribution in [2.24, 2.45) is 0 Å². The summed E-state index contributed by atoms with van der Waals surface area (Å²) in [6.07, 6.45) is 4.76. The molecule has 1 saturated heterocycles. The lowest BCUT2D eigenvalue weighted by Gasteiger charge is -2.27. The van der Waals surface area contributed by atoms with Crippen LogP contribution in [0.3, 0.4) is 0 Å². The van der Waals surface area contributed by atoms with Gasteiger partial charge in [-0.3, -0.25) is 13.6 Å². The third-order valence-corrected chi connectivity index (χ3v) is 4.28. The standard InChI is InChI=1S/C10H20ClO4P/c1-2-3-4-5-7-13-16(12)14-8-6-10(9-11)15-16/h10H,2-9H2,1H3/t10-,16+/m0/s1. The van der Waals surface area contributed by atoms with Gasteiger partial charge >= 0.3 is 7.82 Å². The Labute approximate surface area is 102 Å². The summed E-state index contributed by atoms with van der Waals surface area (Å²) in [5.74, 6) is 0.326. The lowest BCUT2D eigenvalue weighted by Crippen LogP contribution is -2.22. The van der Waals surface area contributed by atoms with E-state index in [-0.39, 0.29) is 6.10 Å². The highest BCUT2D eigenvalue weighted by molar-refractivity contribution is 7.48. The third kappa shape index (κ3) is 5.15. The average molecular weight is 271 g/mol. The van der Waals surface area contributed by atoms with Gasteiger partial charge in [0, 0.05) is 5.88 Å². The summed E-state index contributed by atoms with van der Waals surface area (Å²) in [7, 11) is -3.32. The van der Waals surface area contributed by atoms with Crippen molar-refractivity contribution in [3.05, 3.63) is 0 Å². The fourth-order valence-electron chi connectivity index (χ4n) is 1.44. The van der Waals surface area contributed by atoms with Crippen LogP contribution in [0, 0.1) is 0 Å². The average Bonchev–Trinajstić information content (AvgIpc) is 2.29. The first-order valence-electron chi connectivity index (χ1n) is 5.83. The summed E-state index contributed by atoms with van der Waals surface area (Å²) in [4.78, 5) is 0. The minimum Gasteiger partial charge on any atom is -0.287 e. The first-order valence-corrected chi connectivity index (χ1v) is 7.83. The molecule has 0 aromatic heterocycles. The van der Waals surface area contributed by atoms with E-state index in [0.717, 1.165) is 12.8 Å². The molecule has 2 atom stereocenters. The summed E-state index contributed by atoms with van der Waals surface area (Å²) in [6, 6.07) is 0. The van der Waals surface area contributed by atoms with E-state index in [9.17, 15) is 4.57 Å². The number of unbranched alkanes of at least 4 members (excludes halogenated alkanes) is 3. The maximum Gasteiger partial charge on any atom is 0.475 e. The van der Waals surface area contributed by atoms with Crippen molar-refractivity contribution in [3.8, 4) is 0 Å². The first kappa shape index (κ1) is 14.5. The molecule has 0 amide bonds. The molecule has 0 aliphatic carbocycles. The Morgan fingerprint density at radius 1 is 1.44 bits per heavy atom. The Morgan fingerprint density at radius 3 is 2.94 bits per heavy atom. The van der Waals surface area contributed by atoms with Crippen LogP contribution in [0.25, 0.3) is 0 Å². The molecular formula is C10H20ClO4P. The number of rotatable bonds is 7. The molecule has 0 N–H and O–H groups in total. The van der Waals surface area contributed by atoms with Crippen molar-refractivity contribution in [2.75, 3.05) is 19.1 Å². The molecule has 1 aliphatic heterocycles. The molecule has 1 fully saturated rings. The molecule has 1 rings (SSSR count). The second-order valence-corrected chi connectivity index (χ2v) is 5.77. The molecule has 16 heavy (non-hydrogen) atoms. The molecule has 96 valence electrons. The fourth-order valence-corrected chi connectivity index (χ4v) is 3.17. The fraction of sp³-hybridized carbons (Fsp3) is 1.00. The normalized spacial score (nSPS) is 30.5. The van der Waals surface area contributed by atoms with Crippen molar-refractivity contribution in [2.45, 2.75) is 45.1 Å². The van der Waals surface area contributed by atoms with E-state index in [1.54, 1.807) is 0 Å². The maximum absolute atomic E-state index is 11.9. The molecule has 1 aliphatic rings. The lowest BCUT2D eigenvalue weighted by molar-refractivity contribution is 0.0377. The number of alkyl halides is 1. The maximum atomic E-state index is 11.9. The third-order valence-electron chi connectivity index (χ3n) is 2.39. The van der Waals surface area contributed by atoms with Gasteiger partial charge in [0.1, 0.15) is 0 Å². The van der Waals surface area contributed by atoms with Crippen molar-refractivity contribution in [3.63, 3.8) is 0 Å². The molecule has 0 saturated carbocycles. The highest BCUT2D eigenvalue weighted by Crippen LogP contribution is 2.53. The molecule has 0 bridgehead atoms. The molecule has 0 aromatic rings. The SMILES string of the molecule is CCCCCCO[P@]1(=O)OCC[C@@H](CCl)O1. The molecule has 6 heteroatoms. The van der Waals surface area contributed by atoms with Crippen LogP contribution in [0.15, 0.2) is 0 Å². The Kier molecular flexibility index (Phi) is 6.94. The van der Waals surface area contributed by atoms with Gasteiger partial charge in [-0.25, -0.2) is 4.57 Å². The molecule has 1 heterocycles. The van der Waals surface area contributed by atoms with Gasteiger partial charge in [0.25, 0.3) is 0 Å². The quantitative estimate of drug-likeness (QED) is 0.402. The number of halogens is 1. The number of phosphoric ester groups is 1. The molecule has 0 radical (unpaired) electrons. The van der Waals surface area contributed by atoms with Crippen LogP contribution in [0.5, 0.6) is 0 Å². The van der Waals surface area contributed by atoms with Crippen LogP contribution in [0.2, 0.25) is 0 Å². The van der Waals surface area contributed by atoms with Crippen LogP contribution >= 0.6 is 19.4 Å². The minimum absolute atomic E-state index is 0.211. The lowest BCUT2D eigenvalue weighted by atomic mass is 10.2.